The molecule has 7 aliphatic heterocycles. The zero-order valence-electron chi connectivity index (χ0n) is 70.1. The zero-order valence-corrected chi connectivity index (χ0v) is 70.1. The quantitative estimate of drug-likeness (QED) is 0.0730. The third kappa shape index (κ3) is 22.3. The van der Waals surface area contributed by atoms with Crippen molar-refractivity contribution >= 4 is 41.4 Å². The van der Waals surface area contributed by atoms with Crippen molar-refractivity contribution in [1.82, 2.24) is 9.80 Å². The van der Waals surface area contributed by atoms with E-state index in [9.17, 15) is 54.0 Å². The lowest BCUT2D eigenvalue weighted by Crippen LogP contribution is -2.61. The number of hydrogen-bond acceptors (Lipinski definition) is 30. The van der Waals surface area contributed by atoms with Gasteiger partial charge in [0.05, 0.1) is 96.5 Å². The summed E-state index contributed by atoms with van der Waals surface area (Å²) in [6.07, 6.45) is -16.1. The third-order valence-electron chi connectivity index (χ3n) is 24.5. The molecule has 0 aliphatic carbocycles. The summed E-state index contributed by atoms with van der Waals surface area (Å²) in [5.41, 5.74) is -5.43. The predicted molar refractivity (Wildman–Crippen MR) is 393 cm³/mol. The molecule has 0 aromatic carbocycles. The maximum absolute atomic E-state index is 14.4. The summed E-state index contributed by atoms with van der Waals surface area (Å²) in [4.78, 5) is 97.5. The lowest BCUT2D eigenvalue weighted by molar-refractivity contribution is -0.319. The SMILES string of the molecule is CC[C@H]1OC(=O)[C@H](C)[C@@H](O[C@H]2C[C@@](C)(OC)[C@@H](O)[C@H](C)O2)[C@H](C)[C@@H](O[C@@H]2O[C@H](C)C[C@H](N(C)C)[C@H]2O)[C@](C)(OC)C[C@@H](C)C(=O)[C@H](C)[C@@H](O)[C@]1(C)O.CO[C@H]1C[C@H](O[C@H]2[C@H](C)[C@@H](O[C@@H]3O[C@H](C)C[C@H](N(C)C)[C@H]3OC(C)=O)[C@@H](C)C[C@@]3(CO3)C(=O)[C@H](C)[C@@H](OC(C)=O)[C@@H](C)[C@@H](C)OC(=O)[C@@H]2C)O[C@@H](C)[C@@H]1OC(C)=O. The molecule has 30 heteroatoms. The van der Waals surface area contributed by atoms with Gasteiger partial charge in [0.1, 0.15) is 48.0 Å². The van der Waals surface area contributed by atoms with Crippen molar-refractivity contribution in [3.8, 4) is 0 Å². The van der Waals surface area contributed by atoms with Crippen LogP contribution in [0.3, 0.4) is 0 Å². The molecule has 7 heterocycles. The molecule has 0 amide bonds. The Hall–Kier alpha value is -4.03. The minimum absolute atomic E-state index is 0.111. The fraction of sp³-hybridized carbons (Fsp3) is 0.911. The van der Waals surface area contributed by atoms with Gasteiger partial charge < -0.3 is 111 Å². The lowest BCUT2D eigenvalue weighted by Gasteiger charge is -2.50. The summed E-state index contributed by atoms with van der Waals surface area (Å²) < 4.78 is 105. The van der Waals surface area contributed by atoms with Crippen LogP contribution in [0.15, 0.2) is 0 Å². The van der Waals surface area contributed by atoms with Crippen molar-refractivity contribution in [3.63, 3.8) is 0 Å². The van der Waals surface area contributed by atoms with Crippen molar-refractivity contribution in [3.05, 3.63) is 0 Å². The summed E-state index contributed by atoms with van der Waals surface area (Å²) >= 11 is 0. The fourth-order valence-corrected chi connectivity index (χ4v) is 17.5. The van der Waals surface area contributed by atoms with Gasteiger partial charge in [-0.3, -0.25) is 33.6 Å². The zero-order chi connectivity index (χ0) is 82.3. The Morgan fingerprint density at radius 3 is 1.54 bits per heavy atom. The number of cyclic esters (lactones) is 2. The molecule has 7 fully saturated rings. The number of ether oxygens (including phenoxy) is 17. The van der Waals surface area contributed by atoms with Crippen molar-refractivity contribution in [1.29, 1.82) is 0 Å². The van der Waals surface area contributed by atoms with E-state index in [4.69, 9.17) is 80.5 Å². The van der Waals surface area contributed by atoms with Gasteiger partial charge >= 0.3 is 29.8 Å². The standard InChI is InChI=1S/C41H67NO15.C38H69NO13/c1-19-17-41(18-49-41)38(46)23(5)34(53-27(9)43)21(3)25(7)52-39(47)24(6)35(56-32-16-31(48-14)36(26(8)51-32)54-28(10)44)22(4)33(19)57-40-37(55-29(11)45)30(42(12)13)15-20(2)50-40;1-15-26-38(10,45)31(42)21(4)28(40)19(2)17-37(9,47-14)33(52-35-29(41)25(39(11)12)16-20(3)48-35)22(5)30(23(6)34(44)50-26)51-27-18-36(8,46-13)32(43)24(7)49-27/h19-26,30-37,40H,15-18H2,1-14H3;19-27,29-33,35,41-43,45H,15-18H2,1-14H3/t19-,20+,21-,22+,23+,24+,25+,26-,30-,31-,32-,33-,34-,35-,36-,37+,40-,41+;19-,20-,21+,22+,23-,24+,25+,26-,27+,29-,30+,31-,32+,33-,35+,36-,37-,38-/m01/s1. The number of aliphatic hydroxyl groups is 4. The molecule has 7 rings (SSSR count). The van der Waals surface area contributed by atoms with Gasteiger partial charge in [-0.1, -0.05) is 55.4 Å². The summed E-state index contributed by atoms with van der Waals surface area (Å²) in [6.45, 7) is 35.5. The minimum atomic E-state index is -1.96. The van der Waals surface area contributed by atoms with Crippen LogP contribution < -0.4 is 0 Å². The Morgan fingerprint density at radius 2 is 1.02 bits per heavy atom. The number of rotatable bonds is 17. The first-order valence-corrected chi connectivity index (χ1v) is 39.2. The van der Waals surface area contributed by atoms with E-state index >= 15 is 0 Å². The van der Waals surface area contributed by atoms with Gasteiger partial charge in [-0.2, -0.15) is 0 Å². The highest BCUT2D eigenvalue weighted by atomic mass is 16.7. The van der Waals surface area contributed by atoms with Crippen LogP contribution in [-0.4, -0.2) is 291 Å². The van der Waals surface area contributed by atoms with Crippen molar-refractivity contribution in [2.75, 3.05) is 56.1 Å². The topological polar surface area (TPSA) is 367 Å². The van der Waals surface area contributed by atoms with Crippen LogP contribution in [0.5, 0.6) is 0 Å². The summed E-state index contributed by atoms with van der Waals surface area (Å²) in [5.74, 6) is -10.2. The smallest absolute Gasteiger partial charge is 0.311 e. The van der Waals surface area contributed by atoms with E-state index < -0.39 is 222 Å². The number of esters is 5. The summed E-state index contributed by atoms with van der Waals surface area (Å²) in [5, 5.41) is 45.6. The molecular weight excluding hydrogens is 1420 g/mol. The largest absolute Gasteiger partial charge is 0.462 e. The van der Waals surface area contributed by atoms with Crippen LogP contribution in [0.25, 0.3) is 0 Å². The Balaban J connectivity index is 0.000000342. The van der Waals surface area contributed by atoms with Gasteiger partial charge in [0.15, 0.2) is 48.8 Å². The van der Waals surface area contributed by atoms with Crippen molar-refractivity contribution in [2.24, 2.45) is 53.3 Å². The molecule has 0 bridgehead atoms. The predicted octanol–water partition coefficient (Wildman–Crippen LogP) is 6.06. The van der Waals surface area contributed by atoms with E-state index in [0.29, 0.717) is 12.8 Å². The second-order valence-electron chi connectivity index (χ2n) is 33.7. The van der Waals surface area contributed by atoms with Gasteiger partial charge in [0.2, 0.25) is 0 Å². The molecule has 0 saturated carbocycles. The molecule has 1 spiro atoms. The molecule has 630 valence electrons. The summed E-state index contributed by atoms with van der Waals surface area (Å²) in [6, 6.07) is -0.530. The van der Waals surface area contributed by atoms with Crippen LogP contribution in [0.2, 0.25) is 0 Å². The highest BCUT2D eigenvalue weighted by Crippen LogP contribution is 2.47. The Bertz CT molecular complexity index is 2990. The van der Waals surface area contributed by atoms with Gasteiger partial charge in [-0.25, -0.2) is 0 Å². The van der Waals surface area contributed by atoms with Crippen molar-refractivity contribution in [2.45, 2.75) is 354 Å². The van der Waals surface area contributed by atoms with Crippen LogP contribution >= 0.6 is 0 Å². The Morgan fingerprint density at radius 1 is 0.514 bits per heavy atom. The fourth-order valence-electron chi connectivity index (χ4n) is 17.5. The monoisotopic (exact) mass is 1560 g/mol. The number of aliphatic hydroxyl groups excluding tert-OH is 3. The van der Waals surface area contributed by atoms with Gasteiger partial charge in [-0.15, -0.1) is 0 Å². The highest BCUT2D eigenvalue weighted by Gasteiger charge is 2.60. The molecule has 109 heavy (non-hydrogen) atoms. The first kappa shape index (κ1) is 93.8. The van der Waals surface area contributed by atoms with Crippen LogP contribution in [0.1, 0.15) is 190 Å². The molecule has 7 aliphatic rings. The second kappa shape index (κ2) is 39.1. The van der Waals surface area contributed by atoms with E-state index in [-0.39, 0.29) is 74.6 Å². The van der Waals surface area contributed by atoms with E-state index in [1.165, 1.54) is 49.0 Å². The number of methoxy groups -OCH3 is 3. The Labute approximate surface area is 646 Å². The molecule has 36 atom stereocenters. The molecule has 0 radical (unpaired) electrons. The van der Waals surface area contributed by atoms with E-state index in [1.54, 1.807) is 83.1 Å². The molecule has 0 unspecified atom stereocenters. The average Bonchev–Trinajstić information content (AvgIpc) is 1.65. The summed E-state index contributed by atoms with van der Waals surface area (Å²) in [7, 11) is 12.1. The van der Waals surface area contributed by atoms with Gasteiger partial charge in [-0.05, 0) is 135 Å². The van der Waals surface area contributed by atoms with Gasteiger partial charge in [0.25, 0.3) is 0 Å². The normalized spacial score (nSPS) is 46.1. The average molecular weight is 1560 g/mol. The molecule has 4 N–H and O–H groups in total. The Kier molecular flexibility index (Phi) is 33.6. The van der Waals surface area contributed by atoms with Gasteiger partial charge in [0, 0.05) is 90.6 Å². The molecule has 7 saturated heterocycles. The molecular formula is C79H136N2O28. The van der Waals surface area contributed by atoms with Crippen LogP contribution in [0.4, 0.5) is 0 Å². The third-order valence-corrected chi connectivity index (χ3v) is 24.5. The highest BCUT2D eigenvalue weighted by molar-refractivity contribution is 5.92. The lowest BCUT2D eigenvalue weighted by atomic mass is 9.74. The number of carbonyl (C=O) groups is 7. The van der Waals surface area contributed by atoms with Crippen molar-refractivity contribution < 1.29 is 135 Å². The van der Waals surface area contributed by atoms with Crippen LogP contribution in [-0.2, 0) is 114 Å². The van der Waals surface area contributed by atoms with E-state index in [1.807, 2.05) is 72.6 Å². The molecule has 30 nitrogen and oxygen atoms in total. The molecule has 0 aromatic rings. The number of ketones is 2. The first-order chi connectivity index (χ1) is 50.6. The number of hydrogen-bond donors (Lipinski definition) is 4. The number of likely N-dealkylation sites (N-methyl/N-ethyl adjacent to an activating group) is 2. The second-order valence-corrected chi connectivity index (χ2v) is 33.7. The number of carbonyl (C=O) groups excluding carboxylic acids is 7. The van der Waals surface area contributed by atoms with Crippen LogP contribution in [0, 0.1) is 53.3 Å². The number of nitrogens with zero attached hydrogens (tertiary/aromatic N) is 2. The maximum atomic E-state index is 14.4. The first-order valence-electron chi connectivity index (χ1n) is 39.2. The molecule has 0 aromatic heterocycles. The van der Waals surface area contributed by atoms with E-state index in [2.05, 4.69) is 0 Å². The minimum Gasteiger partial charge on any atom is -0.462 e. The maximum Gasteiger partial charge on any atom is 0.311 e. The number of epoxide rings is 1. The van der Waals surface area contributed by atoms with E-state index in [0.717, 1.165) is 0 Å². The number of Topliss-reactive ketones (excluding diaryl/α,β-unsaturated/α-hetero) is 2.